The van der Waals surface area contributed by atoms with Crippen molar-refractivity contribution in [3.8, 4) is 0 Å². The first-order chi connectivity index (χ1) is 8.06. The minimum absolute atomic E-state index is 0.356. The molecule has 0 atom stereocenters. The summed E-state index contributed by atoms with van der Waals surface area (Å²) in [5.74, 6) is 0.247. The van der Waals surface area contributed by atoms with Crippen molar-refractivity contribution in [2.24, 2.45) is 0 Å². The molecule has 2 rings (SSSR count). The van der Waals surface area contributed by atoms with E-state index in [4.69, 9.17) is 17.3 Å². The molecule has 0 saturated heterocycles. The third-order valence-electron chi connectivity index (χ3n) is 2.28. The number of nitrogens with two attached hydrogens (primary N) is 1. The topological polar surface area (TPSA) is 50.9 Å². The second kappa shape index (κ2) is 4.59. The number of aromatic nitrogens is 1. The normalized spacial score (nSPS) is 10.3. The summed E-state index contributed by atoms with van der Waals surface area (Å²) in [7, 11) is 0. The number of benzene rings is 1. The zero-order valence-electron chi connectivity index (χ0n) is 9.17. The van der Waals surface area contributed by atoms with E-state index in [1.165, 1.54) is 24.4 Å². The lowest BCUT2D eigenvalue weighted by Gasteiger charge is -2.10. The number of anilines is 3. The smallest absolute Gasteiger partial charge is 0.133 e. The van der Waals surface area contributed by atoms with E-state index in [9.17, 15) is 4.39 Å². The Morgan fingerprint density at radius 2 is 2.12 bits per heavy atom. The van der Waals surface area contributed by atoms with Crippen LogP contribution in [0.4, 0.5) is 21.6 Å². The van der Waals surface area contributed by atoms with Crippen LogP contribution in [0, 0.1) is 12.7 Å². The molecule has 1 aromatic carbocycles. The van der Waals surface area contributed by atoms with Crippen LogP contribution in [0.15, 0.2) is 30.5 Å². The van der Waals surface area contributed by atoms with Crippen LogP contribution >= 0.6 is 11.6 Å². The van der Waals surface area contributed by atoms with Crippen molar-refractivity contribution in [3.05, 3.63) is 46.9 Å². The molecule has 0 spiro atoms. The van der Waals surface area contributed by atoms with E-state index in [1.807, 2.05) is 6.92 Å². The van der Waals surface area contributed by atoms with Crippen LogP contribution in [0.2, 0.25) is 5.02 Å². The molecule has 0 aliphatic rings. The Morgan fingerprint density at radius 1 is 1.35 bits per heavy atom. The molecule has 0 amide bonds. The van der Waals surface area contributed by atoms with E-state index in [2.05, 4.69) is 10.3 Å². The maximum absolute atomic E-state index is 13.1. The maximum atomic E-state index is 13.1. The molecule has 3 N–H and O–H groups in total. The van der Waals surface area contributed by atoms with E-state index in [0.29, 0.717) is 22.2 Å². The van der Waals surface area contributed by atoms with Crippen molar-refractivity contribution in [2.45, 2.75) is 6.92 Å². The van der Waals surface area contributed by atoms with Crippen molar-refractivity contribution >= 4 is 28.8 Å². The predicted octanol–water partition coefficient (Wildman–Crippen LogP) is 3.51. The van der Waals surface area contributed by atoms with Crippen molar-refractivity contribution in [1.29, 1.82) is 0 Å². The van der Waals surface area contributed by atoms with Gasteiger partial charge in [-0.2, -0.15) is 0 Å². The molecule has 0 aliphatic heterocycles. The number of rotatable bonds is 2. The van der Waals surface area contributed by atoms with Gasteiger partial charge in [-0.15, -0.1) is 0 Å². The number of nitrogens with one attached hydrogen (secondary N) is 1. The van der Waals surface area contributed by atoms with E-state index >= 15 is 0 Å². The molecular formula is C12H11ClFN3. The lowest BCUT2D eigenvalue weighted by atomic mass is 10.2. The molecule has 5 heteroatoms. The van der Waals surface area contributed by atoms with Gasteiger partial charge in [-0.3, -0.25) is 0 Å². The van der Waals surface area contributed by atoms with Crippen LogP contribution in [0.1, 0.15) is 5.56 Å². The second-order valence-corrected chi connectivity index (χ2v) is 4.09. The summed E-state index contributed by atoms with van der Waals surface area (Å²) >= 11 is 5.95. The second-order valence-electron chi connectivity index (χ2n) is 3.68. The van der Waals surface area contributed by atoms with Crippen LogP contribution < -0.4 is 11.1 Å². The van der Waals surface area contributed by atoms with Crippen molar-refractivity contribution in [1.82, 2.24) is 4.98 Å². The zero-order valence-corrected chi connectivity index (χ0v) is 9.92. The molecule has 1 aromatic heterocycles. The van der Waals surface area contributed by atoms with Crippen molar-refractivity contribution in [2.75, 3.05) is 11.1 Å². The summed E-state index contributed by atoms with van der Waals surface area (Å²) in [6.45, 7) is 1.86. The highest BCUT2D eigenvalue weighted by Crippen LogP contribution is 2.27. The zero-order chi connectivity index (χ0) is 12.4. The Bertz CT molecular complexity index is 557. The number of halogens is 2. The molecule has 0 fully saturated rings. The first kappa shape index (κ1) is 11.7. The maximum Gasteiger partial charge on any atom is 0.133 e. The third kappa shape index (κ3) is 2.65. The molecule has 3 nitrogen and oxygen atoms in total. The first-order valence-corrected chi connectivity index (χ1v) is 5.38. The Hall–Kier alpha value is -1.81. The highest BCUT2D eigenvalue weighted by molar-refractivity contribution is 6.33. The largest absolute Gasteiger partial charge is 0.397 e. The van der Waals surface area contributed by atoms with Gasteiger partial charge in [0.1, 0.15) is 11.6 Å². The van der Waals surface area contributed by atoms with Crippen LogP contribution in [0.5, 0.6) is 0 Å². The van der Waals surface area contributed by atoms with Crippen molar-refractivity contribution < 1.29 is 4.39 Å². The first-order valence-electron chi connectivity index (χ1n) is 5.00. The fourth-order valence-corrected chi connectivity index (χ4v) is 1.61. The highest BCUT2D eigenvalue weighted by atomic mass is 35.5. The van der Waals surface area contributed by atoms with Crippen molar-refractivity contribution in [3.63, 3.8) is 0 Å². The third-order valence-corrected chi connectivity index (χ3v) is 2.61. The van der Waals surface area contributed by atoms with Gasteiger partial charge in [0, 0.05) is 0 Å². The van der Waals surface area contributed by atoms with E-state index in [1.54, 1.807) is 6.07 Å². The molecule has 0 saturated carbocycles. The Balaban J connectivity index is 2.34. The van der Waals surface area contributed by atoms with Gasteiger partial charge in [-0.05, 0) is 36.8 Å². The minimum Gasteiger partial charge on any atom is -0.397 e. The molecule has 0 radical (unpaired) electrons. The minimum atomic E-state index is -0.356. The molecule has 0 unspecified atom stereocenters. The van der Waals surface area contributed by atoms with Gasteiger partial charge in [0.15, 0.2) is 0 Å². The summed E-state index contributed by atoms with van der Waals surface area (Å²) in [5, 5.41) is 3.40. The molecule has 88 valence electrons. The highest BCUT2D eigenvalue weighted by Gasteiger charge is 2.05. The average molecular weight is 252 g/mol. The lowest BCUT2D eigenvalue weighted by Crippen LogP contribution is -1.99. The fourth-order valence-electron chi connectivity index (χ4n) is 1.45. The molecule has 17 heavy (non-hydrogen) atoms. The monoisotopic (exact) mass is 251 g/mol. The Morgan fingerprint density at radius 3 is 2.82 bits per heavy atom. The van der Waals surface area contributed by atoms with Crippen LogP contribution in [0.3, 0.4) is 0 Å². The van der Waals surface area contributed by atoms with Gasteiger partial charge in [0.25, 0.3) is 0 Å². The quantitative estimate of drug-likeness (QED) is 0.859. The summed E-state index contributed by atoms with van der Waals surface area (Å²) in [5.41, 5.74) is 7.53. The number of hydrogen-bond donors (Lipinski definition) is 2. The number of pyridine rings is 1. The summed E-state index contributed by atoms with van der Waals surface area (Å²) in [6, 6.07) is 5.89. The van der Waals surface area contributed by atoms with Gasteiger partial charge < -0.3 is 11.1 Å². The number of nitrogens with zero attached hydrogens (tertiary/aromatic N) is 1. The van der Waals surface area contributed by atoms with Crippen LogP contribution in [0.25, 0.3) is 0 Å². The van der Waals surface area contributed by atoms with Gasteiger partial charge in [0.2, 0.25) is 0 Å². The SMILES string of the molecule is Cc1cc(N)cnc1Nc1cc(F)ccc1Cl. The van der Waals surface area contributed by atoms with E-state index in [0.717, 1.165) is 5.56 Å². The summed E-state index contributed by atoms with van der Waals surface area (Å²) in [4.78, 5) is 4.13. The fraction of sp³-hybridized carbons (Fsp3) is 0.0833. The molecule has 2 aromatic rings. The average Bonchev–Trinajstić information content (AvgIpc) is 2.27. The standard InChI is InChI=1S/C12H11ClFN3/c1-7-4-9(15)6-16-12(7)17-11-5-8(14)2-3-10(11)13/h2-6H,15H2,1H3,(H,16,17). The molecule has 0 aliphatic carbocycles. The summed E-state index contributed by atoms with van der Waals surface area (Å²) < 4.78 is 13.1. The van der Waals surface area contributed by atoms with E-state index in [-0.39, 0.29) is 5.82 Å². The van der Waals surface area contributed by atoms with E-state index < -0.39 is 0 Å². The molecule has 1 heterocycles. The number of hydrogen-bond acceptors (Lipinski definition) is 3. The lowest BCUT2D eigenvalue weighted by molar-refractivity contribution is 0.628. The Labute approximate surface area is 103 Å². The van der Waals surface area contributed by atoms with Crippen LogP contribution in [-0.4, -0.2) is 4.98 Å². The molecule has 0 bridgehead atoms. The molecular weight excluding hydrogens is 241 g/mol. The number of aryl methyl sites for hydroxylation is 1. The van der Waals surface area contributed by atoms with Gasteiger partial charge in [0.05, 0.1) is 22.6 Å². The Kier molecular flexibility index (Phi) is 3.15. The summed E-state index contributed by atoms with van der Waals surface area (Å²) in [6.07, 6.45) is 1.53. The van der Waals surface area contributed by atoms with Gasteiger partial charge in [-0.1, -0.05) is 11.6 Å². The van der Waals surface area contributed by atoms with Crippen LogP contribution in [-0.2, 0) is 0 Å². The predicted molar refractivity (Wildman–Crippen MR) is 68.1 cm³/mol. The van der Waals surface area contributed by atoms with Gasteiger partial charge >= 0.3 is 0 Å². The van der Waals surface area contributed by atoms with Gasteiger partial charge in [-0.25, -0.2) is 9.37 Å². The number of nitrogen functional groups attached to an aromatic ring is 1.